The molecule has 6 heteroatoms. The minimum Gasteiger partial charge on any atom is -0.350 e. The number of anilines is 1. The van der Waals surface area contributed by atoms with Crippen LogP contribution in [0.3, 0.4) is 0 Å². The number of amides is 1. The molecule has 140 valence electrons. The van der Waals surface area contributed by atoms with Crippen molar-refractivity contribution in [3.05, 3.63) is 52.3 Å². The van der Waals surface area contributed by atoms with E-state index >= 15 is 0 Å². The average Bonchev–Trinajstić information content (AvgIpc) is 2.61. The monoisotopic (exact) mass is 374 g/mol. The van der Waals surface area contributed by atoms with E-state index in [1.165, 1.54) is 0 Å². The van der Waals surface area contributed by atoms with E-state index in [9.17, 15) is 4.79 Å². The third-order valence-corrected chi connectivity index (χ3v) is 4.17. The number of carbonyl (C=O) groups excluding carboxylic acids is 1. The minimum absolute atomic E-state index is 0.174. The number of rotatable bonds is 9. The van der Waals surface area contributed by atoms with Crippen molar-refractivity contribution in [2.45, 2.75) is 40.0 Å². The van der Waals surface area contributed by atoms with Crippen LogP contribution in [0.4, 0.5) is 5.95 Å². The molecule has 0 aliphatic carbocycles. The predicted molar refractivity (Wildman–Crippen MR) is 107 cm³/mol. The Hall–Kier alpha value is -2.14. The second kappa shape index (κ2) is 10.1. The topological polar surface area (TPSA) is 58.1 Å². The Labute approximate surface area is 160 Å². The molecular formula is C20H27ClN4O. The molecule has 0 atom stereocenters. The summed E-state index contributed by atoms with van der Waals surface area (Å²) in [4.78, 5) is 23.6. The quantitative estimate of drug-likeness (QED) is 0.719. The smallest absolute Gasteiger partial charge is 0.270 e. The first-order valence-corrected chi connectivity index (χ1v) is 9.54. The molecular weight excluding hydrogens is 348 g/mol. The first kappa shape index (κ1) is 20.2. The van der Waals surface area contributed by atoms with E-state index in [0.717, 1.165) is 43.6 Å². The zero-order chi connectivity index (χ0) is 18.9. The van der Waals surface area contributed by atoms with Crippen molar-refractivity contribution < 1.29 is 4.79 Å². The zero-order valence-electron chi connectivity index (χ0n) is 15.8. The Morgan fingerprint density at radius 3 is 2.54 bits per heavy atom. The molecule has 5 nitrogen and oxygen atoms in total. The Balaban J connectivity index is 2.03. The first-order valence-electron chi connectivity index (χ1n) is 9.16. The molecule has 1 N–H and O–H groups in total. The van der Waals surface area contributed by atoms with Crippen LogP contribution in [0.5, 0.6) is 0 Å². The predicted octanol–water partition coefficient (Wildman–Crippen LogP) is 4.04. The fraction of sp³-hybridized carbons (Fsp3) is 0.450. The van der Waals surface area contributed by atoms with E-state index in [4.69, 9.17) is 11.6 Å². The lowest BCUT2D eigenvalue weighted by atomic mass is 10.1. The van der Waals surface area contributed by atoms with Crippen molar-refractivity contribution >= 4 is 23.5 Å². The number of nitrogens with zero attached hydrogens (tertiary/aromatic N) is 3. The molecule has 0 saturated heterocycles. The van der Waals surface area contributed by atoms with Gasteiger partial charge in [-0.05, 0) is 49.9 Å². The molecule has 0 aliphatic heterocycles. The third-order valence-electron chi connectivity index (χ3n) is 3.93. The Bertz CT molecular complexity index is 730. The molecule has 2 aromatic rings. The molecule has 0 radical (unpaired) electrons. The second-order valence-electron chi connectivity index (χ2n) is 6.32. The maximum atomic E-state index is 12.5. The fourth-order valence-electron chi connectivity index (χ4n) is 2.77. The maximum Gasteiger partial charge on any atom is 0.270 e. The van der Waals surface area contributed by atoms with Crippen molar-refractivity contribution in [2.75, 3.05) is 24.5 Å². The number of carbonyl (C=O) groups is 1. The molecule has 0 unspecified atom stereocenters. The third kappa shape index (κ3) is 5.99. The molecule has 1 amide bonds. The van der Waals surface area contributed by atoms with Crippen LogP contribution in [0.25, 0.3) is 0 Å². The van der Waals surface area contributed by atoms with Gasteiger partial charge in [0.25, 0.3) is 5.91 Å². The largest absolute Gasteiger partial charge is 0.350 e. The van der Waals surface area contributed by atoms with Crippen LogP contribution < -0.4 is 10.2 Å². The van der Waals surface area contributed by atoms with Crippen molar-refractivity contribution in [3.8, 4) is 0 Å². The number of aromatic nitrogens is 2. The van der Waals surface area contributed by atoms with Gasteiger partial charge in [-0.25, -0.2) is 9.97 Å². The highest BCUT2D eigenvalue weighted by Crippen LogP contribution is 2.13. The van der Waals surface area contributed by atoms with Gasteiger partial charge >= 0.3 is 0 Å². The number of halogens is 1. The molecule has 0 fully saturated rings. The molecule has 2 rings (SSSR count). The van der Waals surface area contributed by atoms with Gasteiger partial charge in [-0.3, -0.25) is 4.79 Å². The Kier molecular flexibility index (Phi) is 7.85. The summed E-state index contributed by atoms with van der Waals surface area (Å²) >= 11 is 5.99. The van der Waals surface area contributed by atoms with Crippen molar-refractivity contribution in [2.24, 2.45) is 0 Å². The average molecular weight is 375 g/mol. The molecule has 0 saturated carbocycles. The molecule has 0 bridgehead atoms. The molecule has 0 aliphatic rings. The highest BCUT2D eigenvalue weighted by molar-refractivity contribution is 6.30. The summed E-state index contributed by atoms with van der Waals surface area (Å²) in [6.07, 6.45) is 2.75. The molecule has 0 spiro atoms. The highest BCUT2D eigenvalue weighted by Gasteiger charge is 2.14. The van der Waals surface area contributed by atoms with Crippen LogP contribution in [0.2, 0.25) is 5.02 Å². The van der Waals surface area contributed by atoms with Crippen molar-refractivity contribution in [1.82, 2.24) is 15.3 Å². The van der Waals surface area contributed by atoms with Crippen LogP contribution in [-0.2, 0) is 6.42 Å². The summed E-state index contributed by atoms with van der Waals surface area (Å²) in [5.74, 6) is 0.459. The van der Waals surface area contributed by atoms with Gasteiger partial charge < -0.3 is 10.2 Å². The number of hydrogen-bond donors (Lipinski definition) is 1. The van der Waals surface area contributed by atoms with Crippen molar-refractivity contribution in [1.29, 1.82) is 0 Å². The van der Waals surface area contributed by atoms with Crippen LogP contribution >= 0.6 is 11.6 Å². The van der Waals surface area contributed by atoms with Gasteiger partial charge in [-0.1, -0.05) is 37.6 Å². The standard InChI is InChI=1S/C20H27ClN4O/c1-4-11-25(12-5-2)20-23-15(3)13-18(24-20)19(26)22-10-9-16-7-6-8-17(21)14-16/h6-8,13-14H,4-5,9-12H2,1-3H3,(H,22,26). The number of aryl methyl sites for hydroxylation is 1. The lowest BCUT2D eigenvalue weighted by molar-refractivity contribution is 0.0949. The number of hydrogen-bond acceptors (Lipinski definition) is 4. The normalized spacial score (nSPS) is 10.6. The van der Waals surface area contributed by atoms with E-state index in [-0.39, 0.29) is 5.91 Å². The Morgan fingerprint density at radius 2 is 1.88 bits per heavy atom. The second-order valence-corrected chi connectivity index (χ2v) is 6.75. The zero-order valence-corrected chi connectivity index (χ0v) is 16.5. The maximum absolute atomic E-state index is 12.5. The lowest BCUT2D eigenvalue weighted by Crippen LogP contribution is -2.30. The lowest BCUT2D eigenvalue weighted by Gasteiger charge is -2.22. The van der Waals surface area contributed by atoms with Crippen LogP contribution in [-0.4, -0.2) is 35.5 Å². The summed E-state index contributed by atoms with van der Waals surface area (Å²) in [7, 11) is 0. The summed E-state index contributed by atoms with van der Waals surface area (Å²) < 4.78 is 0. The minimum atomic E-state index is -0.174. The van der Waals surface area contributed by atoms with E-state index < -0.39 is 0 Å². The highest BCUT2D eigenvalue weighted by atomic mass is 35.5. The summed E-state index contributed by atoms with van der Waals surface area (Å²) in [5, 5.41) is 3.64. The summed E-state index contributed by atoms with van der Waals surface area (Å²) in [5.41, 5.74) is 2.30. The number of benzene rings is 1. The van der Waals surface area contributed by atoms with Crippen LogP contribution in [0, 0.1) is 6.92 Å². The Morgan fingerprint density at radius 1 is 1.15 bits per heavy atom. The molecule has 26 heavy (non-hydrogen) atoms. The summed E-state index contributed by atoms with van der Waals surface area (Å²) in [6, 6.07) is 9.39. The van der Waals surface area contributed by atoms with Gasteiger partial charge in [0.05, 0.1) is 0 Å². The molecule has 1 aromatic carbocycles. The van der Waals surface area contributed by atoms with Gasteiger partial charge in [0, 0.05) is 30.4 Å². The number of nitrogens with one attached hydrogen (secondary N) is 1. The van der Waals surface area contributed by atoms with Gasteiger partial charge in [-0.2, -0.15) is 0 Å². The van der Waals surface area contributed by atoms with Crippen LogP contribution in [0.15, 0.2) is 30.3 Å². The van der Waals surface area contributed by atoms with Gasteiger partial charge in [-0.15, -0.1) is 0 Å². The molecule has 1 aromatic heterocycles. The van der Waals surface area contributed by atoms with Gasteiger partial charge in [0.1, 0.15) is 5.69 Å². The summed E-state index contributed by atoms with van der Waals surface area (Å²) in [6.45, 7) is 8.44. The van der Waals surface area contributed by atoms with E-state index in [1.54, 1.807) is 6.07 Å². The SMILES string of the molecule is CCCN(CCC)c1nc(C)cc(C(=O)NCCc2cccc(Cl)c2)n1. The molecule has 1 heterocycles. The van der Waals surface area contributed by atoms with E-state index in [0.29, 0.717) is 23.2 Å². The van der Waals surface area contributed by atoms with Crippen LogP contribution in [0.1, 0.15) is 48.4 Å². The van der Waals surface area contributed by atoms with E-state index in [2.05, 4.69) is 34.0 Å². The first-order chi connectivity index (χ1) is 12.5. The van der Waals surface area contributed by atoms with Gasteiger partial charge in [0.15, 0.2) is 0 Å². The van der Waals surface area contributed by atoms with Gasteiger partial charge in [0.2, 0.25) is 5.95 Å². The van der Waals surface area contributed by atoms with E-state index in [1.807, 2.05) is 31.2 Å². The fourth-order valence-corrected chi connectivity index (χ4v) is 2.98. The van der Waals surface area contributed by atoms with Crippen molar-refractivity contribution in [3.63, 3.8) is 0 Å².